The second-order valence-electron chi connectivity index (χ2n) is 7.23. The molecule has 0 bridgehead atoms. The summed E-state index contributed by atoms with van der Waals surface area (Å²) in [7, 11) is 0. The maximum atomic E-state index is 12.8. The first-order valence-electron chi connectivity index (χ1n) is 9.24. The number of amides is 2. The molecule has 2 aliphatic rings. The standard InChI is InChI=1S/C19H24F3N3O2/c1-14-13-24(11-12-25(14)16-5-3-2-4-6-16)17(26)15-7-9-23(10-8-15)18(27)19(20,21)22/h2-6,14-15H,7-13H2,1H3. The number of hydrogen-bond donors (Lipinski definition) is 0. The molecule has 0 aromatic heterocycles. The van der Waals surface area contributed by atoms with Gasteiger partial charge in [0.05, 0.1) is 0 Å². The zero-order valence-corrected chi connectivity index (χ0v) is 15.3. The molecule has 2 aliphatic heterocycles. The Labute approximate surface area is 156 Å². The average molecular weight is 383 g/mol. The molecule has 1 aromatic rings. The van der Waals surface area contributed by atoms with Gasteiger partial charge in [-0.15, -0.1) is 0 Å². The summed E-state index contributed by atoms with van der Waals surface area (Å²) in [5, 5.41) is 0. The van der Waals surface area contributed by atoms with Crippen LogP contribution in [0.25, 0.3) is 0 Å². The molecule has 0 aliphatic carbocycles. The minimum Gasteiger partial charge on any atom is -0.365 e. The summed E-state index contributed by atoms with van der Waals surface area (Å²) >= 11 is 0. The van der Waals surface area contributed by atoms with Gasteiger partial charge >= 0.3 is 12.1 Å². The predicted molar refractivity (Wildman–Crippen MR) is 95.2 cm³/mol. The Morgan fingerprint density at radius 1 is 0.963 bits per heavy atom. The number of piperidine rings is 1. The van der Waals surface area contributed by atoms with Crippen molar-refractivity contribution in [1.29, 1.82) is 0 Å². The first kappa shape index (κ1) is 19.5. The smallest absolute Gasteiger partial charge is 0.365 e. The monoisotopic (exact) mass is 383 g/mol. The maximum absolute atomic E-state index is 12.8. The maximum Gasteiger partial charge on any atom is 0.471 e. The van der Waals surface area contributed by atoms with Gasteiger partial charge in [-0.2, -0.15) is 13.2 Å². The molecule has 1 atom stereocenters. The van der Waals surface area contributed by atoms with Gasteiger partial charge in [0.25, 0.3) is 0 Å². The number of carbonyl (C=O) groups excluding carboxylic acids is 2. The van der Waals surface area contributed by atoms with E-state index in [1.807, 2.05) is 35.2 Å². The van der Waals surface area contributed by atoms with Crippen molar-refractivity contribution in [2.24, 2.45) is 5.92 Å². The normalized spacial score (nSPS) is 22.1. The van der Waals surface area contributed by atoms with Crippen LogP contribution in [-0.2, 0) is 9.59 Å². The van der Waals surface area contributed by atoms with Gasteiger partial charge in [-0.05, 0) is 31.9 Å². The fourth-order valence-corrected chi connectivity index (χ4v) is 3.93. The fourth-order valence-electron chi connectivity index (χ4n) is 3.93. The van der Waals surface area contributed by atoms with Gasteiger partial charge < -0.3 is 14.7 Å². The van der Waals surface area contributed by atoms with E-state index in [1.165, 1.54) is 0 Å². The molecule has 2 fully saturated rings. The van der Waals surface area contributed by atoms with E-state index < -0.39 is 12.1 Å². The van der Waals surface area contributed by atoms with Crippen molar-refractivity contribution in [2.75, 3.05) is 37.6 Å². The lowest BCUT2D eigenvalue weighted by molar-refractivity contribution is -0.187. The van der Waals surface area contributed by atoms with E-state index >= 15 is 0 Å². The quantitative estimate of drug-likeness (QED) is 0.788. The summed E-state index contributed by atoms with van der Waals surface area (Å²) in [6.45, 7) is 3.94. The van der Waals surface area contributed by atoms with Crippen LogP contribution in [0.3, 0.4) is 0 Å². The second-order valence-corrected chi connectivity index (χ2v) is 7.23. The van der Waals surface area contributed by atoms with E-state index in [0.717, 1.165) is 17.1 Å². The molecule has 5 nitrogen and oxygen atoms in total. The summed E-state index contributed by atoms with van der Waals surface area (Å²) in [6, 6.07) is 10.2. The molecule has 2 saturated heterocycles. The third-order valence-corrected chi connectivity index (χ3v) is 5.40. The lowest BCUT2D eigenvalue weighted by atomic mass is 9.94. The molecule has 1 unspecified atom stereocenters. The molecule has 8 heteroatoms. The summed E-state index contributed by atoms with van der Waals surface area (Å²) in [5.74, 6) is -2.12. The van der Waals surface area contributed by atoms with Crippen molar-refractivity contribution in [3.05, 3.63) is 30.3 Å². The van der Waals surface area contributed by atoms with Gasteiger partial charge in [0.1, 0.15) is 0 Å². The third-order valence-electron chi connectivity index (χ3n) is 5.40. The largest absolute Gasteiger partial charge is 0.471 e. The molecule has 0 spiro atoms. The number of rotatable bonds is 2. The van der Waals surface area contributed by atoms with E-state index in [0.29, 0.717) is 13.1 Å². The number of carbonyl (C=O) groups is 2. The highest BCUT2D eigenvalue weighted by Crippen LogP contribution is 2.26. The van der Waals surface area contributed by atoms with Gasteiger partial charge in [0.2, 0.25) is 5.91 Å². The van der Waals surface area contributed by atoms with Crippen LogP contribution in [0.4, 0.5) is 18.9 Å². The van der Waals surface area contributed by atoms with E-state index in [9.17, 15) is 22.8 Å². The van der Waals surface area contributed by atoms with E-state index in [-0.39, 0.29) is 43.8 Å². The first-order valence-corrected chi connectivity index (χ1v) is 9.24. The van der Waals surface area contributed by atoms with Crippen LogP contribution in [0.5, 0.6) is 0 Å². The molecule has 0 saturated carbocycles. The predicted octanol–water partition coefficient (Wildman–Crippen LogP) is 2.52. The molecule has 0 N–H and O–H groups in total. The van der Waals surface area contributed by atoms with Crippen LogP contribution < -0.4 is 4.90 Å². The number of anilines is 1. The Morgan fingerprint density at radius 2 is 1.59 bits per heavy atom. The summed E-state index contributed by atoms with van der Waals surface area (Å²) < 4.78 is 37.6. The number of alkyl halides is 3. The lowest BCUT2D eigenvalue weighted by Crippen LogP contribution is -2.56. The molecule has 3 rings (SSSR count). The minimum absolute atomic E-state index is 0.00586. The summed E-state index contributed by atoms with van der Waals surface area (Å²) in [5.41, 5.74) is 1.12. The Bertz CT molecular complexity index is 673. The molecule has 27 heavy (non-hydrogen) atoms. The van der Waals surface area contributed by atoms with Crippen molar-refractivity contribution in [1.82, 2.24) is 9.80 Å². The number of halogens is 3. The third kappa shape index (κ3) is 4.36. The van der Waals surface area contributed by atoms with E-state index in [2.05, 4.69) is 11.8 Å². The Kier molecular flexibility index (Phi) is 5.62. The number of benzene rings is 1. The van der Waals surface area contributed by atoms with Crippen LogP contribution in [0.2, 0.25) is 0 Å². The van der Waals surface area contributed by atoms with Crippen molar-refractivity contribution in [3.63, 3.8) is 0 Å². The average Bonchev–Trinajstić information content (AvgIpc) is 2.67. The van der Waals surface area contributed by atoms with Crippen LogP contribution >= 0.6 is 0 Å². The number of likely N-dealkylation sites (tertiary alicyclic amines) is 1. The molecule has 0 radical (unpaired) electrons. The zero-order chi connectivity index (χ0) is 19.6. The van der Waals surface area contributed by atoms with Crippen LogP contribution in [0.15, 0.2) is 30.3 Å². The molecule has 2 amide bonds. The molecule has 1 aromatic carbocycles. The van der Waals surface area contributed by atoms with Crippen molar-refractivity contribution < 1.29 is 22.8 Å². The summed E-state index contributed by atoms with van der Waals surface area (Å²) in [6.07, 6.45) is -4.28. The van der Waals surface area contributed by atoms with E-state index in [4.69, 9.17) is 0 Å². The van der Waals surface area contributed by atoms with Crippen molar-refractivity contribution >= 4 is 17.5 Å². The fraction of sp³-hybridized carbons (Fsp3) is 0.579. The van der Waals surface area contributed by atoms with Gasteiger partial charge in [-0.1, -0.05) is 18.2 Å². The van der Waals surface area contributed by atoms with Crippen molar-refractivity contribution in [3.8, 4) is 0 Å². The molecular formula is C19H24F3N3O2. The molecule has 148 valence electrons. The number of para-hydroxylation sites is 1. The first-order chi connectivity index (χ1) is 12.8. The Morgan fingerprint density at radius 3 is 2.15 bits per heavy atom. The molecule has 2 heterocycles. The number of piperazine rings is 1. The Balaban J connectivity index is 1.53. The molecular weight excluding hydrogens is 359 g/mol. The van der Waals surface area contributed by atoms with Gasteiger partial charge in [0.15, 0.2) is 0 Å². The summed E-state index contributed by atoms with van der Waals surface area (Å²) in [4.78, 5) is 29.0. The highest BCUT2D eigenvalue weighted by atomic mass is 19.4. The number of nitrogens with zero attached hydrogens (tertiary/aromatic N) is 3. The topological polar surface area (TPSA) is 43.9 Å². The number of hydrogen-bond acceptors (Lipinski definition) is 3. The lowest BCUT2D eigenvalue weighted by Gasteiger charge is -2.43. The SMILES string of the molecule is CC1CN(C(=O)C2CCN(C(=O)C(F)(F)F)CC2)CCN1c1ccccc1. The van der Waals surface area contributed by atoms with Crippen LogP contribution in [-0.4, -0.2) is 66.6 Å². The van der Waals surface area contributed by atoms with Gasteiger partial charge in [0, 0.05) is 50.4 Å². The van der Waals surface area contributed by atoms with Gasteiger partial charge in [-0.25, -0.2) is 0 Å². The Hall–Kier alpha value is -2.25. The van der Waals surface area contributed by atoms with Gasteiger partial charge in [-0.3, -0.25) is 9.59 Å². The van der Waals surface area contributed by atoms with Crippen LogP contribution in [0, 0.1) is 5.92 Å². The highest BCUT2D eigenvalue weighted by Gasteiger charge is 2.44. The van der Waals surface area contributed by atoms with Crippen molar-refractivity contribution in [2.45, 2.75) is 32.0 Å². The second kappa shape index (κ2) is 7.78. The highest BCUT2D eigenvalue weighted by molar-refractivity contribution is 5.83. The zero-order valence-electron chi connectivity index (χ0n) is 15.3. The van der Waals surface area contributed by atoms with E-state index in [1.54, 1.807) is 0 Å². The minimum atomic E-state index is -4.85. The van der Waals surface area contributed by atoms with Crippen LogP contribution in [0.1, 0.15) is 19.8 Å².